The number of hydrogen-bond donors (Lipinski definition) is 2. The van der Waals surface area contributed by atoms with Crippen molar-refractivity contribution in [3.63, 3.8) is 0 Å². The first-order valence-electron chi connectivity index (χ1n) is 8.88. The molecule has 0 aliphatic rings. The predicted octanol–water partition coefficient (Wildman–Crippen LogP) is 3.73. The molecule has 3 rings (SSSR count). The summed E-state index contributed by atoms with van der Waals surface area (Å²) in [6, 6.07) is 10.4. The third kappa shape index (κ3) is 4.01. The highest BCUT2D eigenvalue weighted by atomic mass is 32.2. The fourth-order valence-corrected chi connectivity index (χ4v) is 5.25. The molecule has 148 valence electrons. The van der Waals surface area contributed by atoms with Crippen LogP contribution in [0.3, 0.4) is 0 Å². The molecule has 0 fully saturated rings. The Labute approximate surface area is 168 Å². The van der Waals surface area contributed by atoms with Gasteiger partial charge in [-0.1, -0.05) is 26.0 Å². The highest BCUT2D eigenvalue weighted by Gasteiger charge is 2.24. The standard InChI is InChI=1S/C19H22N4O3S2/c1-4-23(5-2)28(25,26)18-11-14(9-8-13(18)3)20-19(24)16-12-15(21-22-16)17-7-6-10-27-17/h6-12H,4-5H2,1-3H3,(H,20,24)(H,21,22). The van der Waals surface area contributed by atoms with Crippen molar-refractivity contribution in [2.24, 2.45) is 0 Å². The van der Waals surface area contributed by atoms with Crippen LogP contribution in [-0.2, 0) is 10.0 Å². The number of aryl methyl sites for hydroxylation is 1. The molecule has 0 saturated heterocycles. The number of nitrogens with zero attached hydrogens (tertiary/aromatic N) is 2. The van der Waals surface area contributed by atoms with Crippen molar-refractivity contribution in [1.29, 1.82) is 0 Å². The Bertz CT molecular complexity index is 1070. The summed E-state index contributed by atoms with van der Waals surface area (Å²) in [6.07, 6.45) is 0. The van der Waals surface area contributed by atoms with Gasteiger partial charge in [0.15, 0.2) is 5.69 Å². The van der Waals surface area contributed by atoms with Crippen LogP contribution in [0.5, 0.6) is 0 Å². The number of carbonyl (C=O) groups excluding carboxylic acids is 1. The lowest BCUT2D eigenvalue weighted by Gasteiger charge is -2.20. The molecule has 9 heteroatoms. The van der Waals surface area contributed by atoms with E-state index >= 15 is 0 Å². The van der Waals surface area contributed by atoms with Crippen LogP contribution in [0.25, 0.3) is 10.6 Å². The quantitative estimate of drug-likeness (QED) is 0.611. The highest BCUT2D eigenvalue weighted by Crippen LogP contribution is 2.25. The Balaban J connectivity index is 1.84. The molecule has 28 heavy (non-hydrogen) atoms. The number of amides is 1. The number of aromatic amines is 1. The molecule has 7 nitrogen and oxygen atoms in total. The fourth-order valence-electron chi connectivity index (χ4n) is 2.85. The number of nitrogens with one attached hydrogen (secondary N) is 2. The van der Waals surface area contributed by atoms with Crippen LogP contribution in [0.2, 0.25) is 0 Å². The second kappa shape index (κ2) is 8.26. The zero-order valence-electron chi connectivity index (χ0n) is 15.9. The van der Waals surface area contributed by atoms with E-state index in [0.717, 1.165) is 10.6 Å². The molecule has 0 aliphatic carbocycles. The molecule has 0 spiro atoms. The lowest BCUT2D eigenvalue weighted by molar-refractivity contribution is 0.102. The van der Waals surface area contributed by atoms with E-state index in [1.807, 2.05) is 17.5 Å². The number of anilines is 1. The zero-order valence-corrected chi connectivity index (χ0v) is 17.5. The summed E-state index contributed by atoms with van der Waals surface area (Å²) < 4.78 is 27.1. The molecule has 0 radical (unpaired) electrons. The molecular weight excluding hydrogens is 396 g/mol. The Hall–Kier alpha value is -2.49. The average Bonchev–Trinajstić information content (AvgIpc) is 3.35. The fraction of sp³-hybridized carbons (Fsp3) is 0.263. The molecule has 2 N–H and O–H groups in total. The number of H-pyrrole nitrogens is 1. The van der Waals surface area contributed by atoms with Gasteiger partial charge in [-0.25, -0.2) is 8.42 Å². The number of aromatic nitrogens is 2. The molecule has 3 aromatic rings. The molecule has 0 saturated carbocycles. The minimum Gasteiger partial charge on any atom is -0.321 e. The van der Waals surface area contributed by atoms with E-state index in [-0.39, 0.29) is 10.6 Å². The second-order valence-corrected chi connectivity index (χ2v) is 9.02. The van der Waals surface area contributed by atoms with E-state index in [9.17, 15) is 13.2 Å². The summed E-state index contributed by atoms with van der Waals surface area (Å²) in [5.41, 5.74) is 2.03. The van der Waals surface area contributed by atoms with Gasteiger partial charge in [0, 0.05) is 18.8 Å². The molecule has 2 aromatic heterocycles. The monoisotopic (exact) mass is 418 g/mol. The Morgan fingerprint density at radius 2 is 1.96 bits per heavy atom. The molecule has 0 aliphatic heterocycles. The van der Waals surface area contributed by atoms with Crippen LogP contribution < -0.4 is 5.32 Å². The summed E-state index contributed by atoms with van der Waals surface area (Å²) in [6.45, 7) is 6.10. The second-order valence-electron chi connectivity index (χ2n) is 6.17. The molecule has 1 amide bonds. The van der Waals surface area contributed by atoms with Gasteiger partial charge in [-0.15, -0.1) is 11.3 Å². The smallest absolute Gasteiger partial charge is 0.276 e. The number of benzene rings is 1. The number of hydrogen-bond acceptors (Lipinski definition) is 5. The van der Waals surface area contributed by atoms with Gasteiger partial charge in [0.2, 0.25) is 10.0 Å². The van der Waals surface area contributed by atoms with E-state index < -0.39 is 15.9 Å². The Morgan fingerprint density at radius 3 is 2.61 bits per heavy atom. The van der Waals surface area contributed by atoms with Crippen LogP contribution in [0, 0.1) is 6.92 Å². The first-order chi connectivity index (χ1) is 13.4. The maximum absolute atomic E-state index is 12.9. The van der Waals surface area contributed by atoms with Gasteiger partial charge in [0.05, 0.1) is 15.5 Å². The van der Waals surface area contributed by atoms with Gasteiger partial charge in [-0.2, -0.15) is 9.40 Å². The SMILES string of the molecule is CCN(CC)S(=O)(=O)c1cc(NC(=O)c2cc(-c3cccs3)[nH]n2)ccc1C. The lowest BCUT2D eigenvalue weighted by atomic mass is 10.2. The van der Waals surface area contributed by atoms with Crippen molar-refractivity contribution in [3.05, 3.63) is 53.0 Å². The van der Waals surface area contributed by atoms with Crippen LogP contribution >= 0.6 is 11.3 Å². The molecular formula is C19H22N4O3S2. The van der Waals surface area contributed by atoms with E-state index in [4.69, 9.17) is 0 Å². The minimum atomic E-state index is -3.62. The first-order valence-corrected chi connectivity index (χ1v) is 11.2. The summed E-state index contributed by atoms with van der Waals surface area (Å²) in [5, 5.41) is 11.6. The topological polar surface area (TPSA) is 95.2 Å². The summed E-state index contributed by atoms with van der Waals surface area (Å²) in [4.78, 5) is 13.7. The van der Waals surface area contributed by atoms with Crippen LogP contribution in [-0.4, -0.2) is 41.9 Å². The third-order valence-electron chi connectivity index (χ3n) is 4.37. The van der Waals surface area contributed by atoms with Gasteiger partial charge < -0.3 is 5.32 Å². The minimum absolute atomic E-state index is 0.190. The summed E-state index contributed by atoms with van der Waals surface area (Å²) in [5.74, 6) is -0.408. The van der Waals surface area contributed by atoms with Gasteiger partial charge in [0.1, 0.15) is 0 Å². The van der Waals surface area contributed by atoms with Crippen LogP contribution in [0.15, 0.2) is 46.7 Å². The number of carbonyl (C=O) groups is 1. The summed E-state index contributed by atoms with van der Waals surface area (Å²) in [7, 11) is -3.62. The molecule has 1 aromatic carbocycles. The van der Waals surface area contributed by atoms with E-state index in [2.05, 4.69) is 15.5 Å². The Kier molecular flexibility index (Phi) is 5.97. The van der Waals surface area contributed by atoms with Crippen molar-refractivity contribution in [3.8, 4) is 10.6 Å². The molecule has 0 unspecified atom stereocenters. The summed E-state index contributed by atoms with van der Waals surface area (Å²) >= 11 is 1.54. The van der Waals surface area contributed by atoms with Crippen molar-refractivity contribution >= 4 is 33.0 Å². The molecule has 0 atom stereocenters. The molecule has 2 heterocycles. The van der Waals surface area contributed by atoms with Gasteiger partial charge in [-0.05, 0) is 42.1 Å². The molecule has 0 bridgehead atoms. The number of sulfonamides is 1. The normalized spacial score (nSPS) is 11.7. The predicted molar refractivity (Wildman–Crippen MR) is 111 cm³/mol. The van der Waals surface area contributed by atoms with E-state index in [1.54, 1.807) is 50.3 Å². The van der Waals surface area contributed by atoms with Crippen molar-refractivity contribution in [2.75, 3.05) is 18.4 Å². The Morgan fingerprint density at radius 1 is 1.21 bits per heavy atom. The van der Waals surface area contributed by atoms with Gasteiger partial charge >= 0.3 is 0 Å². The third-order valence-corrected chi connectivity index (χ3v) is 7.46. The largest absolute Gasteiger partial charge is 0.321 e. The number of thiophene rings is 1. The van der Waals surface area contributed by atoms with E-state index in [0.29, 0.717) is 24.3 Å². The maximum Gasteiger partial charge on any atom is 0.276 e. The maximum atomic E-state index is 12.9. The van der Waals surface area contributed by atoms with Crippen molar-refractivity contribution in [2.45, 2.75) is 25.7 Å². The first kappa shape index (κ1) is 20.2. The van der Waals surface area contributed by atoms with E-state index in [1.165, 1.54) is 10.4 Å². The van der Waals surface area contributed by atoms with Crippen LogP contribution in [0.4, 0.5) is 5.69 Å². The van der Waals surface area contributed by atoms with Crippen molar-refractivity contribution in [1.82, 2.24) is 14.5 Å². The lowest BCUT2D eigenvalue weighted by Crippen LogP contribution is -2.31. The van der Waals surface area contributed by atoms with Gasteiger partial charge in [0.25, 0.3) is 5.91 Å². The van der Waals surface area contributed by atoms with Gasteiger partial charge in [-0.3, -0.25) is 9.89 Å². The number of rotatable bonds is 7. The zero-order chi connectivity index (χ0) is 20.3. The average molecular weight is 419 g/mol. The van der Waals surface area contributed by atoms with Crippen molar-refractivity contribution < 1.29 is 13.2 Å². The highest BCUT2D eigenvalue weighted by molar-refractivity contribution is 7.89. The van der Waals surface area contributed by atoms with Crippen LogP contribution in [0.1, 0.15) is 29.9 Å².